The Labute approximate surface area is 257 Å². The minimum absolute atomic E-state index is 0.0833. The highest BCUT2D eigenvalue weighted by atomic mass is 32.1. The minimum atomic E-state index is -1.06. The van der Waals surface area contributed by atoms with E-state index in [0.717, 1.165) is 54.3 Å². The van der Waals surface area contributed by atoms with Crippen LogP contribution in [0.15, 0.2) is 70.5 Å². The van der Waals surface area contributed by atoms with Crippen molar-refractivity contribution in [2.45, 2.75) is 68.1 Å². The van der Waals surface area contributed by atoms with E-state index in [4.69, 9.17) is 29.6 Å². The third-order valence-electron chi connectivity index (χ3n) is 6.73. The summed E-state index contributed by atoms with van der Waals surface area (Å²) in [5.74, 6) is -0.915. The average molecular weight is 615 g/mol. The predicted molar refractivity (Wildman–Crippen MR) is 167 cm³/mol. The van der Waals surface area contributed by atoms with Gasteiger partial charge < -0.3 is 24.8 Å². The average Bonchev–Trinajstić information content (AvgIpc) is 2.90. The number of aromatic carboxylic acids is 2. The zero-order chi connectivity index (χ0) is 31.7. The molecule has 2 aliphatic heterocycles. The maximum Gasteiger partial charge on any atom is 0.335 e. The molecule has 0 unspecified atom stereocenters. The monoisotopic (exact) mass is 614 g/mol. The Morgan fingerprint density at radius 3 is 1.24 bits per heavy atom. The molecule has 0 saturated carbocycles. The van der Waals surface area contributed by atoms with E-state index in [2.05, 4.69) is 65.1 Å². The second-order valence-electron chi connectivity index (χ2n) is 11.0. The zero-order valence-electron chi connectivity index (χ0n) is 24.4. The van der Waals surface area contributed by atoms with Crippen LogP contribution in [0, 0.1) is 0 Å². The highest BCUT2D eigenvalue weighted by Gasteiger charge is 2.29. The van der Waals surface area contributed by atoms with Crippen LogP contribution in [0.5, 0.6) is 11.5 Å². The lowest BCUT2D eigenvalue weighted by Crippen LogP contribution is -2.26. The largest absolute Gasteiger partial charge is 0.493 e. The fraction of sp³-hybridized carbons (Fsp3) is 0.344. The summed E-state index contributed by atoms with van der Waals surface area (Å²) in [5.41, 5.74) is 3.19. The van der Waals surface area contributed by atoms with Crippen LogP contribution in [0.4, 0.5) is 0 Å². The van der Waals surface area contributed by atoms with Gasteiger partial charge in [-0.25, -0.2) is 9.59 Å². The van der Waals surface area contributed by atoms with Crippen molar-refractivity contribution in [1.82, 2.24) is 0 Å². The Morgan fingerprint density at radius 2 is 0.952 bits per heavy atom. The number of ether oxygens (including phenoxy) is 2. The molecular formula is C32H38O8S2. The Hall–Kier alpha value is -3.63. The molecule has 2 aliphatic rings. The van der Waals surface area contributed by atoms with E-state index < -0.39 is 17.9 Å². The van der Waals surface area contributed by atoms with Gasteiger partial charge >= 0.3 is 11.9 Å². The minimum Gasteiger partial charge on any atom is -0.493 e. The fourth-order valence-corrected chi connectivity index (χ4v) is 4.61. The summed E-state index contributed by atoms with van der Waals surface area (Å²) in [6, 6.07) is 17.2. The summed E-state index contributed by atoms with van der Waals surface area (Å²) >= 11 is 8.68. The molecule has 0 aliphatic carbocycles. The predicted octanol–water partition coefficient (Wildman–Crippen LogP) is 7.24. The Balaban J connectivity index is 0.000000207. The number of fused-ring (bicyclic) bond motifs is 2. The van der Waals surface area contributed by atoms with Crippen LogP contribution in [0.2, 0.25) is 0 Å². The van der Waals surface area contributed by atoms with Gasteiger partial charge in [-0.05, 0) is 84.3 Å². The fourth-order valence-electron chi connectivity index (χ4n) is 4.20. The molecule has 5 rings (SSSR count). The molecule has 3 aromatic rings. The first-order chi connectivity index (χ1) is 19.5. The van der Waals surface area contributed by atoms with E-state index in [1.165, 1.54) is 35.4 Å². The number of carboxylic acids is 3. The van der Waals surface area contributed by atoms with Gasteiger partial charge in [0.2, 0.25) is 0 Å². The third-order valence-corrected chi connectivity index (χ3v) is 7.29. The molecule has 0 amide bonds. The van der Waals surface area contributed by atoms with Crippen LogP contribution < -0.4 is 9.47 Å². The standard InChI is InChI=1S/2C11H14OS.C8H6O4.C2H4O2/c2*1-11(2)5-6-12-10-4-3-8(13)7-9(10)11;9-7(10)5-1-2-6(4-3-5)8(11)12;1-2(3)4/h2*3-4,7,13H,5-6H2,1-2H3;1-4H,(H,9,10)(H,11,12);1H3,(H,3,4). The van der Waals surface area contributed by atoms with Crippen LogP contribution in [0.25, 0.3) is 0 Å². The number of rotatable bonds is 2. The van der Waals surface area contributed by atoms with Gasteiger partial charge in [-0.3, -0.25) is 4.79 Å². The Bertz CT molecular complexity index is 1290. The second kappa shape index (κ2) is 15.0. The van der Waals surface area contributed by atoms with Crippen molar-refractivity contribution in [3.8, 4) is 11.5 Å². The molecule has 8 nitrogen and oxygen atoms in total. The topological polar surface area (TPSA) is 130 Å². The maximum absolute atomic E-state index is 10.3. The van der Waals surface area contributed by atoms with Crippen LogP contribution in [0.1, 0.15) is 79.3 Å². The summed E-state index contributed by atoms with van der Waals surface area (Å²) in [6.45, 7) is 11.7. The molecule has 0 bridgehead atoms. The summed E-state index contributed by atoms with van der Waals surface area (Å²) in [6.07, 6.45) is 2.16. The van der Waals surface area contributed by atoms with Crippen LogP contribution in [-0.4, -0.2) is 46.4 Å². The molecular weight excluding hydrogens is 576 g/mol. The van der Waals surface area contributed by atoms with Gasteiger partial charge in [0.05, 0.1) is 24.3 Å². The van der Waals surface area contributed by atoms with E-state index in [9.17, 15) is 9.59 Å². The smallest absolute Gasteiger partial charge is 0.335 e. The van der Waals surface area contributed by atoms with Crippen molar-refractivity contribution in [3.63, 3.8) is 0 Å². The second-order valence-corrected chi connectivity index (χ2v) is 12.1. The highest BCUT2D eigenvalue weighted by molar-refractivity contribution is 7.80. The van der Waals surface area contributed by atoms with Gasteiger partial charge in [0.1, 0.15) is 11.5 Å². The molecule has 0 saturated heterocycles. The maximum atomic E-state index is 10.3. The summed E-state index contributed by atoms with van der Waals surface area (Å²) in [7, 11) is 0. The zero-order valence-corrected chi connectivity index (χ0v) is 26.2. The number of benzene rings is 3. The first-order valence-electron chi connectivity index (χ1n) is 13.2. The molecule has 42 heavy (non-hydrogen) atoms. The number of aliphatic carboxylic acids is 1. The number of hydrogen-bond acceptors (Lipinski definition) is 7. The normalized spacial score (nSPS) is 15.0. The number of carboxylic acid groups (broad SMARTS) is 3. The lowest BCUT2D eigenvalue weighted by molar-refractivity contribution is -0.134. The van der Waals surface area contributed by atoms with Gasteiger partial charge in [-0.15, -0.1) is 25.3 Å². The van der Waals surface area contributed by atoms with Crippen molar-refractivity contribution >= 4 is 43.2 Å². The van der Waals surface area contributed by atoms with Gasteiger partial charge in [-0.1, -0.05) is 27.7 Å². The van der Waals surface area contributed by atoms with E-state index in [1.54, 1.807) is 0 Å². The van der Waals surface area contributed by atoms with Gasteiger partial charge in [-0.2, -0.15) is 0 Å². The highest BCUT2D eigenvalue weighted by Crippen LogP contribution is 2.40. The lowest BCUT2D eigenvalue weighted by atomic mass is 9.80. The van der Waals surface area contributed by atoms with Crippen molar-refractivity contribution in [1.29, 1.82) is 0 Å². The third kappa shape index (κ3) is 10.3. The van der Waals surface area contributed by atoms with Crippen LogP contribution in [0.3, 0.4) is 0 Å². The van der Waals surface area contributed by atoms with Crippen molar-refractivity contribution < 1.29 is 39.2 Å². The molecule has 226 valence electrons. The van der Waals surface area contributed by atoms with Crippen LogP contribution in [-0.2, 0) is 15.6 Å². The number of carbonyl (C=O) groups is 3. The van der Waals surface area contributed by atoms with Gasteiger partial charge in [0, 0.05) is 27.8 Å². The van der Waals surface area contributed by atoms with E-state index in [0.29, 0.717) is 0 Å². The Kier molecular flexibility index (Phi) is 12.4. The summed E-state index contributed by atoms with van der Waals surface area (Å²) < 4.78 is 11.2. The van der Waals surface area contributed by atoms with E-state index >= 15 is 0 Å². The number of hydrogen-bond donors (Lipinski definition) is 5. The quantitative estimate of drug-likeness (QED) is 0.191. The molecule has 0 fully saturated rings. The molecule has 0 atom stereocenters. The molecule has 0 aromatic heterocycles. The summed E-state index contributed by atoms with van der Waals surface area (Å²) in [4.78, 5) is 31.7. The lowest BCUT2D eigenvalue weighted by Gasteiger charge is -2.32. The van der Waals surface area contributed by atoms with Crippen LogP contribution >= 0.6 is 25.3 Å². The molecule has 10 heteroatoms. The van der Waals surface area contributed by atoms with Gasteiger partial charge in [0.15, 0.2) is 0 Å². The van der Waals surface area contributed by atoms with Crippen molar-refractivity contribution in [3.05, 3.63) is 82.9 Å². The molecule has 2 heterocycles. The van der Waals surface area contributed by atoms with Crippen molar-refractivity contribution in [2.75, 3.05) is 13.2 Å². The first kappa shape index (κ1) is 34.6. The molecule has 3 aromatic carbocycles. The summed E-state index contributed by atoms with van der Waals surface area (Å²) in [5, 5.41) is 24.4. The van der Waals surface area contributed by atoms with E-state index in [1.807, 2.05) is 24.3 Å². The number of thiol groups is 2. The Morgan fingerprint density at radius 1 is 0.643 bits per heavy atom. The SMILES string of the molecule is CC(=O)O.CC1(C)CCOc2ccc(S)cc21.CC1(C)CCOc2ccc(S)cc21.O=C(O)c1ccc(C(=O)O)cc1. The van der Waals surface area contributed by atoms with Crippen molar-refractivity contribution in [2.24, 2.45) is 0 Å². The van der Waals surface area contributed by atoms with Gasteiger partial charge in [0.25, 0.3) is 5.97 Å². The van der Waals surface area contributed by atoms with E-state index in [-0.39, 0.29) is 22.0 Å². The molecule has 0 radical (unpaired) electrons. The first-order valence-corrected chi connectivity index (χ1v) is 14.1. The molecule has 0 spiro atoms. The molecule has 3 N–H and O–H groups in total.